The third-order valence-electron chi connectivity index (χ3n) is 2.23. The van der Waals surface area contributed by atoms with Crippen LogP contribution < -0.4 is 11.1 Å². The van der Waals surface area contributed by atoms with Crippen LogP contribution in [0.3, 0.4) is 0 Å². The maximum absolute atomic E-state index is 10.8. The fourth-order valence-electron chi connectivity index (χ4n) is 1.46. The molecule has 0 unspecified atom stereocenters. The number of carbonyl (C=O) groups is 1. The normalized spacial score (nSPS) is 29.5. The number of hydrogen-bond donors (Lipinski definition) is 1. The largest absolute Gasteiger partial charge is 0.453 e. The van der Waals surface area contributed by atoms with Gasteiger partial charge < -0.3 is 10.1 Å². The van der Waals surface area contributed by atoms with E-state index in [0.717, 1.165) is 25.7 Å². The van der Waals surface area contributed by atoms with Crippen molar-refractivity contribution in [3.05, 3.63) is 0 Å². The lowest BCUT2D eigenvalue weighted by molar-refractivity contribution is 0.162. The molecule has 1 saturated carbocycles. The molecule has 1 aliphatic rings. The third-order valence-corrected chi connectivity index (χ3v) is 2.23. The highest BCUT2D eigenvalue weighted by atomic mass is 16.5. The first-order valence-corrected chi connectivity index (χ1v) is 4.28. The summed E-state index contributed by atoms with van der Waals surface area (Å²) in [7, 11) is 1.37. The molecule has 1 aliphatic carbocycles. The van der Waals surface area contributed by atoms with E-state index in [1.165, 1.54) is 7.11 Å². The van der Waals surface area contributed by atoms with E-state index in [2.05, 4.69) is 10.1 Å². The van der Waals surface area contributed by atoms with Crippen LogP contribution in [0.15, 0.2) is 0 Å². The first kappa shape index (κ1) is 9.32. The van der Waals surface area contributed by atoms with E-state index in [-0.39, 0.29) is 18.2 Å². The SMILES string of the molecule is COC(=O)N[C@H]1CC[C@H]([NH])CC1. The number of methoxy groups -OCH3 is 1. The molecule has 0 aromatic heterocycles. The summed E-state index contributed by atoms with van der Waals surface area (Å²) in [5.41, 5.74) is 7.45. The predicted octanol–water partition coefficient (Wildman–Crippen LogP) is 0.936. The second kappa shape index (κ2) is 4.30. The average molecular weight is 171 g/mol. The Kier molecular flexibility index (Phi) is 3.34. The smallest absolute Gasteiger partial charge is 0.407 e. The van der Waals surface area contributed by atoms with Crippen molar-refractivity contribution in [3.63, 3.8) is 0 Å². The van der Waals surface area contributed by atoms with E-state index in [9.17, 15) is 4.79 Å². The van der Waals surface area contributed by atoms with Gasteiger partial charge in [-0.2, -0.15) is 0 Å². The summed E-state index contributed by atoms with van der Waals surface area (Å²) in [5, 5.41) is 2.74. The molecule has 0 heterocycles. The minimum Gasteiger partial charge on any atom is -0.453 e. The molecule has 0 aromatic rings. The fourth-order valence-corrected chi connectivity index (χ4v) is 1.46. The number of hydrogen-bond acceptors (Lipinski definition) is 2. The van der Waals surface area contributed by atoms with E-state index in [0.29, 0.717) is 0 Å². The third kappa shape index (κ3) is 2.70. The van der Waals surface area contributed by atoms with Crippen molar-refractivity contribution in [2.45, 2.75) is 37.8 Å². The van der Waals surface area contributed by atoms with Gasteiger partial charge in [-0.25, -0.2) is 4.79 Å². The fraction of sp³-hybridized carbons (Fsp3) is 0.875. The van der Waals surface area contributed by atoms with Crippen LogP contribution in [0.5, 0.6) is 0 Å². The Morgan fingerprint density at radius 1 is 1.42 bits per heavy atom. The Hall–Kier alpha value is -0.770. The lowest BCUT2D eigenvalue weighted by Gasteiger charge is -2.25. The van der Waals surface area contributed by atoms with E-state index >= 15 is 0 Å². The number of nitrogens with one attached hydrogen (secondary N) is 2. The van der Waals surface area contributed by atoms with Gasteiger partial charge in [-0.05, 0) is 25.7 Å². The first-order chi connectivity index (χ1) is 5.72. The first-order valence-electron chi connectivity index (χ1n) is 4.28. The number of rotatable bonds is 1. The molecule has 69 valence electrons. The number of alkyl carbamates (subject to hydrolysis) is 1. The van der Waals surface area contributed by atoms with Gasteiger partial charge in [0.1, 0.15) is 0 Å². The van der Waals surface area contributed by atoms with Crippen LogP contribution >= 0.6 is 0 Å². The molecule has 12 heavy (non-hydrogen) atoms. The molecule has 0 bridgehead atoms. The van der Waals surface area contributed by atoms with Crippen molar-refractivity contribution in [2.24, 2.45) is 0 Å². The molecule has 0 saturated heterocycles. The van der Waals surface area contributed by atoms with E-state index < -0.39 is 0 Å². The second-order valence-corrected chi connectivity index (χ2v) is 3.18. The Balaban J connectivity index is 2.21. The van der Waals surface area contributed by atoms with Gasteiger partial charge >= 0.3 is 6.09 Å². The van der Waals surface area contributed by atoms with Crippen LogP contribution in [0.1, 0.15) is 25.7 Å². The Morgan fingerprint density at radius 2 is 2.00 bits per heavy atom. The number of carbonyl (C=O) groups excluding carboxylic acids is 1. The lowest BCUT2D eigenvalue weighted by atomic mass is 9.92. The van der Waals surface area contributed by atoms with E-state index in [1.54, 1.807) is 0 Å². The summed E-state index contributed by atoms with van der Waals surface area (Å²) in [6.07, 6.45) is 3.22. The van der Waals surface area contributed by atoms with Crippen LogP contribution in [-0.2, 0) is 4.74 Å². The summed E-state index contributed by atoms with van der Waals surface area (Å²) >= 11 is 0. The number of ether oxygens (including phenoxy) is 1. The van der Waals surface area contributed by atoms with Crippen LogP contribution in [0.4, 0.5) is 4.79 Å². The highest BCUT2D eigenvalue weighted by Gasteiger charge is 2.20. The van der Waals surface area contributed by atoms with Gasteiger partial charge in [-0.1, -0.05) is 0 Å². The average Bonchev–Trinajstić information content (AvgIpc) is 2.09. The van der Waals surface area contributed by atoms with Gasteiger partial charge in [0.25, 0.3) is 0 Å². The Labute approximate surface area is 72.5 Å². The maximum Gasteiger partial charge on any atom is 0.407 e. The highest BCUT2D eigenvalue weighted by Crippen LogP contribution is 2.17. The monoisotopic (exact) mass is 171 g/mol. The summed E-state index contributed by atoms with van der Waals surface area (Å²) in [5.74, 6) is 0. The summed E-state index contributed by atoms with van der Waals surface area (Å²) in [6, 6.07) is 0.291. The molecule has 0 aromatic carbocycles. The van der Waals surface area contributed by atoms with Crippen LogP contribution in [-0.4, -0.2) is 25.3 Å². The number of amides is 1. The molecular weight excluding hydrogens is 156 g/mol. The molecule has 1 fully saturated rings. The standard InChI is InChI=1S/C8H15N2O2/c1-12-8(11)10-7-4-2-6(9)3-5-7/h6-7,9H,2-5H2,1H3,(H,10,11)/t6-,7-. The molecule has 2 N–H and O–H groups in total. The molecule has 0 spiro atoms. The quantitative estimate of drug-likeness (QED) is 0.638. The molecule has 4 heteroatoms. The zero-order chi connectivity index (χ0) is 8.97. The van der Waals surface area contributed by atoms with Gasteiger partial charge in [0.15, 0.2) is 0 Å². The minimum atomic E-state index is -0.358. The molecule has 0 aliphatic heterocycles. The Bertz CT molecular complexity index is 153. The van der Waals surface area contributed by atoms with Gasteiger partial charge in [-0.3, -0.25) is 5.73 Å². The van der Waals surface area contributed by atoms with Gasteiger partial charge in [0, 0.05) is 12.1 Å². The zero-order valence-corrected chi connectivity index (χ0v) is 7.30. The van der Waals surface area contributed by atoms with Crippen molar-refractivity contribution in [2.75, 3.05) is 7.11 Å². The van der Waals surface area contributed by atoms with Crippen LogP contribution in [0.2, 0.25) is 0 Å². The topological polar surface area (TPSA) is 62.1 Å². The summed E-state index contributed by atoms with van der Waals surface area (Å²) < 4.78 is 4.48. The van der Waals surface area contributed by atoms with Gasteiger partial charge in [0.2, 0.25) is 0 Å². The van der Waals surface area contributed by atoms with Crippen molar-refractivity contribution < 1.29 is 9.53 Å². The molecule has 1 amide bonds. The van der Waals surface area contributed by atoms with Crippen LogP contribution in [0.25, 0.3) is 0 Å². The second-order valence-electron chi connectivity index (χ2n) is 3.18. The van der Waals surface area contributed by atoms with Crippen molar-refractivity contribution in [1.29, 1.82) is 0 Å². The molecular formula is C8H15N2O2. The van der Waals surface area contributed by atoms with Crippen molar-refractivity contribution in [1.82, 2.24) is 11.1 Å². The van der Waals surface area contributed by atoms with Crippen molar-refractivity contribution in [3.8, 4) is 0 Å². The Morgan fingerprint density at radius 3 is 2.50 bits per heavy atom. The molecule has 1 rings (SSSR count). The van der Waals surface area contributed by atoms with Crippen LogP contribution in [0, 0.1) is 0 Å². The molecule has 1 radical (unpaired) electrons. The molecule has 4 nitrogen and oxygen atoms in total. The highest BCUT2D eigenvalue weighted by molar-refractivity contribution is 5.67. The predicted molar refractivity (Wildman–Crippen MR) is 44.7 cm³/mol. The lowest BCUT2D eigenvalue weighted by Crippen LogP contribution is -2.38. The van der Waals surface area contributed by atoms with E-state index in [1.807, 2.05) is 0 Å². The van der Waals surface area contributed by atoms with E-state index in [4.69, 9.17) is 5.73 Å². The minimum absolute atomic E-state index is 0.0701. The maximum atomic E-state index is 10.8. The summed E-state index contributed by atoms with van der Waals surface area (Å²) in [4.78, 5) is 10.8. The summed E-state index contributed by atoms with van der Waals surface area (Å²) in [6.45, 7) is 0. The van der Waals surface area contributed by atoms with Gasteiger partial charge in [0.05, 0.1) is 7.11 Å². The molecule has 0 atom stereocenters. The van der Waals surface area contributed by atoms with Gasteiger partial charge in [-0.15, -0.1) is 0 Å². The zero-order valence-electron chi connectivity index (χ0n) is 7.30. The van der Waals surface area contributed by atoms with Crippen molar-refractivity contribution >= 4 is 6.09 Å².